The monoisotopic (exact) mass is 349 g/mol. The van der Waals surface area contributed by atoms with Crippen molar-refractivity contribution >= 4 is 39.9 Å². The number of nitro groups is 1. The van der Waals surface area contributed by atoms with Gasteiger partial charge in [-0.1, -0.05) is 11.6 Å². The lowest BCUT2D eigenvalue weighted by Crippen LogP contribution is -2.07. The van der Waals surface area contributed by atoms with Crippen LogP contribution in [0.1, 0.15) is 11.4 Å². The number of nitrogens with zero attached hydrogens (tertiary/aromatic N) is 2. The van der Waals surface area contributed by atoms with Crippen LogP contribution in [0.5, 0.6) is 0 Å². The lowest BCUT2D eigenvalue weighted by Gasteiger charge is -2.09. The number of nitro benzene ring substituents is 1. The Labute approximate surface area is 121 Å². The summed E-state index contributed by atoms with van der Waals surface area (Å²) in [6.07, 6.45) is -5.01. The molecule has 1 aromatic heterocycles. The van der Waals surface area contributed by atoms with Crippen LogP contribution in [-0.2, 0) is 11.6 Å². The second kappa shape index (κ2) is 4.67. The van der Waals surface area contributed by atoms with Gasteiger partial charge in [-0.05, 0) is 11.6 Å². The van der Waals surface area contributed by atoms with E-state index in [4.69, 9.17) is 11.6 Å². The largest absolute Gasteiger partial charge is 0.418 e. The van der Waals surface area contributed by atoms with Crippen LogP contribution < -0.4 is 0 Å². The fourth-order valence-corrected chi connectivity index (χ4v) is 1.99. The fourth-order valence-electron chi connectivity index (χ4n) is 1.60. The number of H-pyrrole nitrogens is 1. The molecule has 0 aliphatic carbocycles. The minimum absolute atomic E-state index is 0.127. The zero-order valence-electron chi connectivity index (χ0n) is 9.43. The Morgan fingerprint density at radius 1 is 1.29 bits per heavy atom. The van der Waals surface area contributed by atoms with Crippen molar-refractivity contribution in [3.63, 3.8) is 0 Å². The van der Waals surface area contributed by atoms with E-state index in [0.717, 1.165) is 0 Å². The molecule has 0 saturated carbocycles. The predicted octanol–water partition coefficient (Wildman–Crippen LogP) is 4.43. The molecule has 0 amide bonds. The Morgan fingerprint density at radius 2 is 1.86 bits per heavy atom. The van der Waals surface area contributed by atoms with Crippen LogP contribution in [0, 0.1) is 10.1 Å². The molecule has 5 nitrogen and oxygen atoms in total. The summed E-state index contributed by atoms with van der Waals surface area (Å²) in [5, 5.41) is 5.73. The van der Waals surface area contributed by atoms with Gasteiger partial charge in [-0.2, -0.15) is 22.0 Å². The molecule has 21 heavy (non-hydrogen) atoms. The van der Waals surface area contributed by atoms with Gasteiger partial charge in [0, 0.05) is 6.07 Å². The van der Waals surface area contributed by atoms with Crippen molar-refractivity contribution in [2.45, 2.75) is 11.6 Å². The Bertz CT molecular complexity index is 738. The van der Waals surface area contributed by atoms with Gasteiger partial charge in [0.05, 0.1) is 21.0 Å². The number of rotatable bonds is 2. The van der Waals surface area contributed by atoms with Gasteiger partial charge in [-0.25, -0.2) is 4.98 Å². The van der Waals surface area contributed by atoms with Crippen molar-refractivity contribution in [1.82, 2.24) is 9.97 Å². The topological polar surface area (TPSA) is 71.8 Å². The molecule has 1 aromatic carbocycles. The number of aromatic amines is 1. The van der Waals surface area contributed by atoms with Gasteiger partial charge >= 0.3 is 11.6 Å². The molecule has 2 rings (SSSR count). The molecular formula is C9H2Cl2F5N3O2. The smallest absolute Gasteiger partial charge is 0.334 e. The zero-order chi connectivity index (χ0) is 16.2. The summed E-state index contributed by atoms with van der Waals surface area (Å²) in [5.74, 6) is -1.25. The standard InChI is InChI=1S/C9H2Cl2F5N3O2/c10-4-2(9(14,15)16)1-3(19(20)21)5-6(4)18-7(17-5)8(11,12)13/h1H,(H,17,18). The molecule has 2 aromatic rings. The van der Waals surface area contributed by atoms with Crippen molar-refractivity contribution in [2.24, 2.45) is 0 Å². The van der Waals surface area contributed by atoms with Crippen molar-refractivity contribution in [3.05, 3.63) is 32.6 Å². The van der Waals surface area contributed by atoms with Crippen LogP contribution in [0.2, 0.25) is 5.02 Å². The maximum absolute atomic E-state index is 12.9. The summed E-state index contributed by atoms with van der Waals surface area (Å²) in [6, 6.07) is 0.127. The number of hydrogen-bond donors (Lipinski definition) is 1. The number of hydrogen-bond acceptors (Lipinski definition) is 3. The summed E-state index contributed by atoms with van der Waals surface area (Å²) in [7, 11) is 0. The molecule has 114 valence electrons. The van der Waals surface area contributed by atoms with Crippen molar-refractivity contribution in [1.29, 1.82) is 0 Å². The highest BCUT2D eigenvalue weighted by Crippen LogP contribution is 2.43. The molecule has 0 radical (unpaired) electrons. The van der Waals surface area contributed by atoms with Gasteiger partial charge in [-0.3, -0.25) is 10.1 Å². The molecule has 1 heterocycles. The zero-order valence-corrected chi connectivity index (χ0v) is 10.9. The highest BCUT2D eigenvalue weighted by atomic mass is 35.5. The highest BCUT2D eigenvalue weighted by molar-refractivity contribution is 6.36. The summed E-state index contributed by atoms with van der Waals surface area (Å²) < 4.78 is 64.1. The van der Waals surface area contributed by atoms with E-state index >= 15 is 0 Å². The van der Waals surface area contributed by atoms with E-state index in [0.29, 0.717) is 0 Å². The third kappa shape index (κ3) is 2.72. The van der Waals surface area contributed by atoms with Gasteiger partial charge in [0.2, 0.25) is 0 Å². The second-order valence-corrected chi connectivity index (χ2v) is 4.67. The van der Waals surface area contributed by atoms with E-state index in [9.17, 15) is 32.1 Å². The van der Waals surface area contributed by atoms with Gasteiger partial charge in [-0.15, -0.1) is 0 Å². The SMILES string of the molecule is O=[N+]([O-])c1cc(C(F)(F)F)c(Cl)c2[nH]c(C(F)(F)Cl)nc12. The average Bonchev–Trinajstić information content (AvgIpc) is 2.72. The van der Waals surface area contributed by atoms with E-state index < -0.39 is 49.6 Å². The number of imidazole rings is 1. The third-order valence-electron chi connectivity index (χ3n) is 2.45. The van der Waals surface area contributed by atoms with E-state index in [1.54, 1.807) is 4.98 Å². The lowest BCUT2D eigenvalue weighted by molar-refractivity contribution is -0.383. The van der Waals surface area contributed by atoms with Gasteiger partial charge in [0.1, 0.15) is 0 Å². The maximum Gasteiger partial charge on any atom is 0.418 e. The summed E-state index contributed by atoms with van der Waals surface area (Å²) in [5.41, 5.74) is -4.15. The van der Waals surface area contributed by atoms with Crippen LogP contribution >= 0.6 is 23.2 Å². The molecule has 0 aliphatic rings. The first kappa shape index (κ1) is 15.7. The molecule has 0 atom stereocenters. The van der Waals surface area contributed by atoms with Crippen LogP contribution in [-0.4, -0.2) is 14.9 Å². The third-order valence-corrected chi connectivity index (χ3v) is 3.03. The predicted molar refractivity (Wildman–Crippen MR) is 62.5 cm³/mol. The van der Waals surface area contributed by atoms with Crippen LogP contribution in [0.15, 0.2) is 6.07 Å². The Morgan fingerprint density at radius 3 is 2.29 bits per heavy atom. The summed E-state index contributed by atoms with van der Waals surface area (Å²) in [4.78, 5) is 14.5. The maximum atomic E-state index is 12.9. The van der Waals surface area contributed by atoms with E-state index in [-0.39, 0.29) is 6.07 Å². The minimum atomic E-state index is -5.01. The number of non-ortho nitro benzene ring substituents is 1. The first-order valence-corrected chi connectivity index (χ1v) is 5.69. The second-order valence-electron chi connectivity index (χ2n) is 3.82. The number of aromatic nitrogens is 2. The first-order valence-electron chi connectivity index (χ1n) is 4.94. The average molecular weight is 350 g/mol. The molecule has 12 heteroatoms. The molecule has 1 N–H and O–H groups in total. The normalized spacial score (nSPS) is 12.9. The Kier molecular flexibility index (Phi) is 3.49. The molecule has 0 aliphatic heterocycles. The van der Waals surface area contributed by atoms with Gasteiger partial charge < -0.3 is 4.98 Å². The van der Waals surface area contributed by atoms with Crippen LogP contribution in [0.3, 0.4) is 0 Å². The van der Waals surface area contributed by atoms with Crippen LogP contribution in [0.4, 0.5) is 27.6 Å². The summed E-state index contributed by atoms with van der Waals surface area (Å²) in [6.45, 7) is 0. The fraction of sp³-hybridized carbons (Fsp3) is 0.222. The van der Waals surface area contributed by atoms with E-state index in [1.165, 1.54) is 0 Å². The van der Waals surface area contributed by atoms with Crippen molar-refractivity contribution in [2.75, 3.05) is 0 Å². The molecule has 0 saturated heterocycles. The molecule has 0 fully saturated rings. The highest BCUT2D eigenvalue weighted by Gasteiger charge is 2.39. The van der Waals surface area contributed by atoms with Gasteiger partial charge in [0.15, 0.2) is 11.3 Å². The number of nitrogens with one attached hydrogen (secondary N) is 1. The summed E-state index contributed by atoms with van der Waals surface area (Å²) >= 11 is 10.1. The number of benzene rings is 1. The van der Waals surface area contributed by atoms with E-state index in [2.05, 4.69) is 16.6 Å². The molecule has 0 bridgehead atoms. The Balaban J connectivity index is 2.90. The van der Waals surface area contributed by atoms with Crippen molar-refractivity contribution < 1.29 is 26.9 Å². The molecular weight excluding hydrogens is 348 g/mol. The Hall–Kier alpha value is -1.68. The van der Waals surface area contributed by atoms with E-state index in [1.807, 2.05) is 0 Å². The number of alkyl halides is 6. The lowest BCUT2D eigenvalue weighted by atomic mass is 10.1. The number of halogens is 7. The quantitative estimate of drug-likeness (QED) is 0.377. The number of fused-ring (bicyclic) bond motifs is 1. The van der Waals surface area contributed by atoms with Crippen LogP contribution in [0.25, 0.3) is 11.0 Å². The first-order chi connectivity index (χ1) is 9.43. The molecule has 0 spiro atoms. The van der Waals surface area contributed by atoms with Crippen molar-refractivity contribution in [3.8, 4) is 0 Å². The molecule has 0 unspecified atom stereocenters. The minimum Gasteiger partial charge on any atom is -0.334 e. The van der Waals surface area contributed by atoms with Gasteiger partial charge in [0.25, 0.3) is 5.69 Å².